The molecule has 1 aliphatic carbocycles. The number of rotatable bonds is 3. The predicted molar refractivity (Wildman–Crippen MR) is 148 cm³/mol. The van der Waals surface area contributed by atoms with Crippen LogP contribution in [0.1, 0.15) is 39.1 Å². The highest BCUT2D eigenvalue weighted by atomic mass is 32.2. The van der Waals surface area contributed by atoms with Gasteiger partial charge in [-0.15, -0.1) is 11.8 Å². The molecule has 4 aliphatic rings. The van der Waals surface area contributed by atoms with E-state index in [1.807, 2.05) is 84.9 Å². The third-order valence-electron chi connectivity index (χ3n) is 9.29. The maximum Gasteiger partial charge on any atom is 0.287 e. The first kappa shape index (κ1) is 23.0. The van der Waals surface area contributed by atoms with Crippen molar-refractivity contribution in [3.05, 3.63) is 117 Å². The number of fused-ring (bicyclic) bond motifs is 8. The fraction of sp³-hybridized carbons (Fsp3) is 0.258. The molecule has 0 N–H and O–H groups in total. The van der Waals surface area contributed by atoms with E-state index in [1.165, 1.54) is 0 Å². The summed E-state index contributed by atoms with van der Waals surface area (Å²) in [6.07, 6.45) is -0.903. The Kier molecular flexibility index (Phi) is 4.63. The molecule has 39 heavy (non-hydrogen) atoms. The molecule has 4 aromatic carbocycles. The zero-order chi connectivity index (χ0) is 26.5. The summed E-state index contributed by atoms with van der Waals surface area (Å²) < 4.78 is 12.0. The maximum absolute atomic E-state index is 14.9. The number of nitrogens with zero attached hydrogens (tertiary/aromatic N) is 2. The second-order valence-electron chi connectivity index (χ2n) is 10.7. The lowest BCUT2D eigenvalue weighted by molar-refractivity contribution is -0.590. The van der Waals surface area contributed by atoms with Crippen LogP contribution in [0.15, 0.2) is 84.9 Å². The highest BCUT2D eigenvalue weighted by Crippen LogP contribution is 2.70. The van der Waals surface area contributed by atoms with Crippen LogP contribution >= 0.6 is 11.8 Å². The van der Waals surface area contributed by atoms with Gasteiger partial charge in [0.1, 0.15) is 17.0 Å². The first-order chi connectivity index (χ1) is 19.0. The highest BCUT2D eigenvalue weighted by molar-refractivity contribution is 7.99. The lowest BCUT2D eigenvalue weighted by atomic mass is 9.62. The van der Waals surface area contributed by atoms with E-state index in [2.05, 4.69) is 4.90 Å². The number of thioether (sulfide) groups is 1. The number of methoxy groups -OCH3 is 1. The molecule has 2 saturated heterocycles. The topological polar surface area (TPSA) is 81.9 Å². The molecule has 8 heteroatoms. The quantitative estimate of drug-likeness (QED) is 0.250. The van der Waals surface area contributed by atoms with Gasteiger partial charge in [-0.2, -0.15) is 0 Å². The van der Waals surface area contributed by atoms with Crippen molar-refractivity contribution in [2.75, 3.05) is 18.7 Å². The second kappa shape index (κ2) is 7.83. The average Bonchev–Trinajstić information content (AvgIpc) is 3.62. The van der Waals surface area contributed by atoms with Crippen molar-refractivity contribution in [3.63, 3.8) is 0 Å². The molecule has 7 nitrogen and oxygen atoms in total. The standard InChI is InChI=1S/C31H24N2O5S/c1-37-20-14-12-19(13-15-20)29-31(33(35)36)25-16-39-17-32(25)30(27(31)21-8-2-3-11-24(21)38-29)23-10-5-7-18-6-4-9-22(26(18)23)28(30)34/h2-15,25,27,29H,16-17H2,1H3/t25-,27+,29+,30+,31+/m1/s1. The summed E-state index contributed by atoms with van der Waals surface area (Å²) in [4.78, 5) is 30.6. The van der Waals surface area contributed by atoms with Crippen molar-refractivity contribution in [2.24, 2.45) is 0 Å². The number of para-hydroxylation sites is 1. The Morgan fingerprint density at radius 3 is 2.56 bits per heavy atom. The van der Waals surface area contributed by atoms with Gasteiger partial charge in [0.2, 0.25) is 0 Å². The van der Waals surface area contributed by atoms with E-state index in [4.69, 9.17) is 9.47 Å². The van der Waals surface area contributed by atoms with E-state index in [0.29, 0.717) is 34.3 Å². The van der Waals surface area contributed by atoms with Crippen molar-refractivity contribution in [1.82, 2.24) is 4.90 Å². The van der Waals surface area contributed by atoms with Crippen molar-refractivity contribution < 1.29 is 19.2 Å². The first-order valence-corrected chi connectivity index (χ1v) is 14.2. The van der Waals surface area contributed by atoms with Gasteiger partial charge in [0.25, 0.3) is 5.54 Å². The molecule has 4 aromatic rings. The van der Waals surface area contributed by atoms with Crippen molar-refractivity contribution in [2.45, 2.75) is 29.1 Å². The third kappa shape index (κ3) is 2.57. The van der Waals surface area contributed by atoms with Gasteiger partial charge in [-0.25, -0.2) is 0 Å². The van der Waals surface area contributed by atoms with Crippen LogP contribution in [0, 0.1) is 10.1 Å². The van der Waals surface area contributed by atoms with Crippen molar-refractivity contribution in [1.29, 1.82) is 0 Å². The number of nitro groups is 1. The number of carbonyl (C=O) groups excluding carboxylic acids is 1. The van der Waals surface area contributed by atoms with Gasteiger partial charge < -0.3 is 9.47 Å². The van der Waals surface area contributed by atoms with Crippen molar-refractivity contribution >= 4 is 28.3 Å². The van der Waals surface area contributed by atoms with E-state index in [9.17, 15) is 14.9 Å². The predicted octanol–water partition coefficient (Wildman–Crippen LogP) is 5.56. The Hall–Kier alpha value is -3.88. The minimum Gasteiger partial charge on any atom is -0.497 e. The van der Waals surface area contributed by atoms with Crippen LogP contribution in [-0.2, 0) is 5.54 Å². The Balaban J connectivity index is 1.49. The Labute approximate surface area is 228 Å². The van der Waals surface area contributed by atoms with Crippen molar-refractivity contribution in [3.8, 4) is 11.5 Å². The zero-order valence-electron chi connectivity index (χ0n) is 21.1. The molecule has 0 aromatic heterocycles. The smallest absolute Gasteiger partial charge is 0.287 e. The second-order valence-corrected chi connectivity index (χ2v) is 11.7. The molecule has 0 unspecified atom stereocenters. The van der Waals surface area contributed by atoms with Gasteiger partial charge in [-0.1, -0.05) is 66.7 Å². The van der Waals surface area contributed by atoms with Crippen LogP contribution < -0.4 is 9.47 Å². The monoisotopic (exact) mass is 536 g/mol. The SMILES string of the molecule is COc1ccc([C@@H]2Oc3ccccc3[C@@H]3[C@@]2([N+](=O)[O-])[C@H]2CSCN2[C@]32C(=O)c3cccc4cccc2c34)cc1. The van der Waals surface area contributed by atoms with Gasteiger partial charge in [0.15, 0.2) is 11.9 Å². The van der Waals surface area contributed by atoms with Crippen LogP contribution in [0.3, 0.4) is 0 Å². The fourth-order valence-electron chi connectivity index (χ4n) is 7.90. The molecule has 1 spiro atoms. The minimum atomic E-state index is -1.60. The Morgan fingerprint density at radius 1 is 1.03 bits per heavy atom. The van der Waals surface area contributed by atoms with Gasteiger partial charge in [0.05, 0.1) is 19.1 Å². The molecule has 2 fully saturated rings. The molecular weight excluding hydrogens is 512 g/mol. The van der Waals surface area contributed by atoms with Crippen LogP contribution in [0.4, 0.5) is 0 Å². The maximum atomic E-state index is 14.9. The average molecular weight is 537 g/mol. The number of Topliss-reactive ketones (excluding diaryl/α,β-unsaturated/α-hetero) is 1. The van der Waals surface area contributed by atoms with Gasteiger partial charge >= 0.3 is 0 Å². The molecule has 5 atom stereocenters. The molecule has 3 aliphatic heterocycles. The minimum absolute atomic E-state index is 0.0549. The van der Waals surface area contributed by atoms with Gasteiger partial charge in [-0.3, -0.25) is 19.8 Å². The summed E-state index contributed by atoms with van der Waals surface area (Å²) in [5.74, 6) is 1.51. The molecule has 0 amide bonds. The van der Waals surface area contributed by atoms with E-state index in [0.717, 1.165) is 21.9 Å². The Morgan fingerprint density at radius 2 is 1.79 bits per heavy atom. The summed E-state index contributed by atoms with van der Waals surface area (Å²) in [7, 11) is 1.59. The van der Waals surface area contributed by atoms with Crippen LogP contribution in [-0.4, -0.2) is 45.9 Å². The van der Waals surface area contributed by atoms with Gasteiger partial charge in [0, 0.05) is 27.7 Å². The van der Waals surface area contributed by atoms with E-state index >= 15 is 0 Å². The van der Waals surface area contributed by atoms with E-state index in [1.54, 1.807) is 18.9 Å². The number of hydrogen-bond donors (Lipinski definition) is 0. The van der Waals surface area contributed by atoms with Gasteiger partial charge in [-0.05, 0) is 40.1 Å². The molecule has 3 heterocycles. The lowest BCUT2D eigenvalue weighted by Gasteiger charge is -2.44. The zero-order valence-corrected chi connectivity index (χ0v) is 21.9. The summed E-state index contributed by atoms with van der Waals surface area (Å²) in [6.45, 7) is 0. The number of ether oxygens (including phenoxy) is 2. The Bertz CT molecular complexity index is 1700. The third-order valence-corrected chi connectivity index (χ3v) is 10.3. The summed E-state index contributed by atoms with van der Waals surface area (Å²) in [5, 5.41) is 15.6. The molecule has 0 saturated carbocycles. The summed E-state index contributed by atoms with van der Waals surface area (Å²) in [6, 6.07) is 26.1. The highest BCUT2D eigenvalue weighted by Gasteiger charge is 2.83. The largest absolute Gasteiger partial charge is 0.497 e. The summed E-state index contributed by atoms with van der Waals surface area (Å²) in [5.41, 5.74) is 0.106. The number of hydrogen-bond acceptors (Lipinski definition) is 7. The number of carbonyl (C=O) groups is 1. The molecular formula is C31H24N2O5S. The van der Waals surface area contributed by atoms with Crippen LogP contribution in [0.25, 0.3) is 10.8 Å². The summed E-state index contributed by atoms with van der Waals surface area (Å²) >= 11 is 1.65. The molecule has 0 bridgehead atoms. The lowest BCUT2D eigenvalue weighted by Crippen LogP contribution is -2.60. The molecule has 0 radical (unpaired) electrons. The first-order valence-electron chi connectivity index (χ1n) is 13.0. The fourth-order valence-corrected chi connectivity index (χ4v) is 9.25. The number of ketones is 1. The normalized spacial score (nSPS) is 30.2. The van der Waals surface area contributed by atoms with Crippen LogP contribution in [0.5, 0.6) is 11.5 Å². The number of benzene rings is 4. The molecule has 8 rings (SSSR count). The van der Waals surface area contributed by atoms with Crippen LogP contribution in [0.2, 0.25) is 0 Å². The molecule has 194 valence electrons. The van der Waals surface area contributed by atoms with E-state index in [-0.39, 0.29) is 10.7 Å². The van der Waals surface area contributed by atoms with E-state index < -0.39 is 29.1 Å².